The number of esters is 2. The zero-order valence-electron chi connectivity index (χ0n) is 13.6. The molecule has 2 rings (SSSR count). The Balaban J connectivity index is 2.46. The normalized spacial score (nSPS) is 13.4. The van der Waals surface area contributed by atoms with Gasteiger partial charge in [0.15, 0.2) is 11.5 Å². The number of carbonyl (C=O) groups is 2. The summed E-state index contributed by atoms with van der Waals surface area (Å²) in [4.78, 5) is 33.9. The Hall–Kier alpha value is -3.30. The number of nitro benzene ring substituents is 1. The maximum absolute atomic E-state index is 11.8. The molecule has 134 valence electrons. The molecule has 0 fully saturated rings. The second kappa shape index (κ2) is 7.99. The SMILES string of the molecule is COC(=O)/C=C(/Nc1cc2c(cc1[N+](=O)[O-])OCCCO2)C(=O)OC. The summed E-state index contributed by atoms with van der Waals surface area (Å²) >= 11 is 0. The fraction of sp³-hybridized carbons (Fsp3) is 0.333. The third kappa shape index (κ3) is 4.37. The number of carbonyl (C=O) groups excluding carboxylic acids is 2. The van der Waals surface area contributed by atoms with Gasteiger partial charge in [-0.15, -0.1) is 0 Å². The van der Waals surface area contributed by atoms with E-state index in [9.17, 15) is 19.7 Å². The molecule has 0 radical (unpaired) electrons. The van der Waals surface area contributed by atoms with E-state index in [1.165, 1.54) is 12.1 Å². The predicted molar refractivity (Wildman–Crippen MR) is 84.4 cm³/mol. The monoisotopic (exact) mass is 352 g/mol. The molecule has 10 nitrogen and oxygen atoms in total. The minimum absolute atomic E-state index is 0.0604. The van der Waals surface area contributed by atoms with Crippen molar-refractivity contribution >= 4 is 23.3 Å². The highest BCUT2D eigenvalue weighted by Crippen LogP contribution is 2.39. The molecule has 0 spiro atoms. The average Bonchev–Trinajstić information content (AvgIpc) is 2.84. The topological polar surface area (TPSA) is 126 Å². The first-order valence-electron chi connectivity index (χ1n) is 7.19. The van der Waals surface area contributed by atoms with E-state index in [-0.39, 0.29) is 28.6 Å². The summed E-state index contributed by atoms with van der Waals surface area (Å²) in [5.74, 6) is -1.21. The molecular weight excluding hydrogens is 336 g/mol. The Morgan fingerprint density at radius 2 is 1.84 bits per heavy atom. The summed E-state index contributed by atoms with van der Waals surface area (Å²) < 4.78 is 19.9. The fourth-order valence-electron chi connectivity index (χ4n) is 2.03. The minimum atomic E-state index is -0.896. The quantitative estimate of drug-likeness (QED) is 0.362. The molecule has 1 aliphatic rings. The second-order valence-corrected chi connectivity index (χ2v) is 4.82. The van der Waals surface area contributed by atoms with Gasteiger partial charge >= 0.3 is 11.9 Å². The highest BCUT2D eigenvalue weighted by Gasteiger charge is 2.24. The van der Waals surface area contributed by atoms with E-state index in [2.05, 4.69) is 14.8 Å². The van der Waals surface area contributed by atoms with Crippen LogP contribution in [-0.2, 0) is 19.1 Å². The van der Waals surface area contributed by atoms with Gasteiger partial charge in [-0.3, -0.25) is 10.1 Å². The zero-order chi connectivity index (χ0) is 18.4. The van der Waals surface area contributed by atoms with Crippen molar-refractivity contribution in [1.29, 1.82) is 0 Å². The Bertz CT molecular complexity index is 728. The van der Waals surface area contributed by atoms with Gasteiger partial charge < -0.3 is 24.3 Å². The van der Waals surface area contributed by atoms with Gasteiger partial charge in [0.1, 0.15) is 11.4 Å². The van der Waals surface area contributed by atoms with Gasteiger partial charge in [0.25, 0.3) is 5.69 Å². The lowest BCUT2D eigenvalue weighted by molar-refractivity contribution is -0.384. The summed E-state index contributed by atoms with van der Waals surface area (Å²) in [6, 6.07) is 2.52. The molecular formula is C15H16N2O8. The van der Waals surface area contributed by atoms with Crippen LogP contribution in [0.15, 0.2) is 23.9 Å². The van der Waals surface area contributed by atoms with Crippen molar-refractivity contribution in [2.24, 2.45) is 0 Å². The second-order valence-electron chi connectivity index (χ2n) is 4.82. The molecule has 1 aromatic carbocycles. The van der Waals surface area contributed by atoms with Crippen molar-refractivity contribution in [2.75, 3.05) is 32.8 Å². The van der Waals surface area contributed by atoms with Crippen LogP contribution in [0.5, 0.6) is 11.5 Å². The number of methoxy groups -OCH3 is 2. The lowest BCUT2D eigenvalue weighted by Crippen LogP contribution is -2.16. The molecule has 10 heteroatoms. The van der Waals surface area contributed by atoms with Crippen LogP contribution in [-0.4, -0.2) is 44.3 Å². The smallest absolute Gasteiger partial charge is 0.354 e. The fourth-order valence-corrected chi connectivity index (χ4v) is 2.03. The van der Waals surface area contributed by atoms with E-state index < -0.39 is 16.9 Å². The molecule has 1 aliphatic heterocycles. The van der Waals surface area contributed by atoms with E-state index in [0.29, 0.717) is 19.6 Å². The Morgan fingerprint density at radius 3 is 2.40 bits per heavy atom. The average molecular weight is 352 g/mol. The molecule has 0 unspecified atom stereocenters. The third-order valence-corrected chi connectivity index (χ3v) is 3.20. The van der Waals surface area contributed by atoms with E-state index in [4.69, 9.17) is 9.47 Å². The van der Waals surface area contributed by atoms with Crippen molar-refractivity contribution in [3.05, 3.63) is 34.0 Å². The van der Waals surface area contributed by atoms with Crippen molar-refractivity contribution in [3.63, 3.8) is 0 Å². The summed E-state index contributed by atoms with van der Waals surface area (Å²) in [6.45, 7) is 0.749. The molecule has 0 aliphatic carbocycles. The molecule has 1 N–H and O–H groups in total. The van der Waals surface area contributed by atoms with Gasteiger partial charge in [-0.05, 0) is 0 Å². The Kier molecular flexibility index (Phi) is 5.77. The van der Waals surface area contributed by atoms with Crippen LogP contribution >= 0.6 is 0 Å². The van der Waals surface area contributed by atoms with Crippen molar-refractivity contribution in [1.82, 2.24) is 0 Å². The maximum atomic E-state index is 11.8. The molecule has 25 heavy (non-hydrogen) atoms. The van der Waals surface area contributed by atoms with E-state index in [0.717, 1.165) is 20.3 Å². The molecule has 1 aromatic rings. The van der Waals surface area contributed by atoms with Gasteiger partial charge in [-0.25, -0.2) is 9.59 Å². The van der Waals surface area contributed by atoms with E-state index in [1.807, 2.05) is 0 Å². The number of benzene rings is 1. The number of nitro groups is 1. The third-order valence-electron chi connectivity index (χ3n) is 3.20. The highest BCUT2D eigenvalue weighted by molar-refractivity contribution is 5.99. The first-order valence-corrected chi connectivity index (χ1v) is 7.19. The first kappa shape index (κ1) is 18.0. The number of nitrogens with zero attached hydrogens (tertiary/aromatic N) is 1. The van der Waals surface area contributed by atoms with E-state index >= 15 is 0 Å². The molecule has 0 bridgehead atoms. The number of hydrogen-bond donors (Lipinski definition) is 1. The van der Waals surface area contributed by atoms with Crippen LogP contribution < -0.4 is 14.8 Å². The number of fused-ring (bicyclic) bond motifs is 1. The van der Waals surface area contributed by atoms with Crippen molar-refractivity contribution in [3.8, 4) is 11.5 Å². The van der Waals surface area contributed by atoms with Crippen LogP contribution in [0.25, 0.3) is 0 Å². The van der Waals surface area contributed by atoms with Gasteiger partial charge in [0.2, 0.25) is 0 Å². The van der Waals surface area contributed by atoms with Gasteiger partial charge in [-0.2, -0.15) is 0 Å². The maximum Gasteiger partial charge on any atom is 0.354 e. The predicted octanol–water partition coefficient (Wildman–Crippen LogP) is 1.40. The Labute approximate surface area is 142 Å². The van der Waals surface area contributed by atoms with E-state index in [1.54, 1.807) is 0 Å². The minimum Gasteiger partial charge on any atom is -0.489 e. The summed E-state index contributed by atoms with van der Waals surface area (Å²) in [6.07, 6.45) is 1.46. The number of ether oxygens (including phenoxy) is 4. The standard InChI is InChI=1S/C15H16N2O8/c1-22-14(18)7-10(15(19)23-2)16-9-6-12-13(8-11(9)17(20)21)25-5-3-4-24-12/h6-8,16H,3-5H2,1-2H3/b10-7+. The molecule has 0 amide bonds. The van der Waals surface area contributed by atoms with Crippen LogP contribution in [0.3, 0.4) is 0 Å². The van der Waals surface area contributed by atoms with Crippen molar-refractivity contribution < 1.29 is 33.5 Å². The zero-order valence-corrected chi connectivity index (χ0v) is 13.6. The van der Waals surface area contributed by atoms with Crippen molar-refractivity contribution in [2.45, 2.75) is 6.42 Å². The van der Waals surface area contributed by atoms with Gasteiger partial charge in [0.05, 0.1) is 44.5 Å². The van der Waals surface area contributed by atoms with Crippen LogP contribution in [0.1, 0.15) is 6.42 Å². The number of rotatable bonds is 5. The summed E-state index contributed by atoms with van der Waals surface area (Å²) in [5.41, 5.74) is -0.745. The summed E-state index contributed by atoms with van der Waals surface area (Å²) in [7, 11) is 2.24. The highest BCUT2D eigenvalue weighted by atomic mass is 16.6. The number of hydrogen-bond acceptors (Lipinski definition) is 9. The molecule has 0 atom stereocenters. The Morgan fingerprint density at radius 1 is 1.20 bits per heavy atom. The number of anilines is 1. The lowest BCUT2D eigenvalue weighted by atomic mass is 10.2. The largest absolute Gasteiger partial charge is 0.489 e. The van der Waals surface area contributed by atoms with Crippen LogP contribution in [0.2, 0.25) is 0 Å². The number of nitrogens with one attached hydrogen (secondary N) is 1. The van der Waals surface area contributed by atoms with Crippen LogP contribution in [0, 0.1) is 10.1 Å². The summed E-state index contributed by atoms with van der Waals surface area (Å²) in [5, 5.41) is 13.9. The molecule has 0 saturated heterocycles. The van der Waals surface area contributed by atoms with Crippen LogP contribution in [0.4, 0.5) is 11.4 Å². The molecule has 0 saturated carbocycles. The van der Waals surface area contributed by atoms with Gasteiger partial charge in [0, 0.05) is 12.5 Å². The molecule has 1 heterocycles. The lowest BCUT2D eigenvalue weighted by Gasteiger charge is -2.13. The first-order chi connectivity index (χ1) is 12.0. The molecule has 0 aromatic heterocycles. The van der Waals surface area contributed by atoms with Gasteiger partial charge in [-0.1, -0.05) is 0 Å².